The second-order valence-corrected chi connectivity index (χ2v) is 5.78. The van der Waals surface area contributed by atoms with E-state index in [1.54, 1.807) is 0 Å². The molecular weight excluding hydrogens is 227 g/mol. The zero-order valence-electron chi connectivity index (χ0n) is 6.30. The van der Waals surface area contributed by atoms with Crippen LogP contribution in [-0.2, 0) is 6.42 Å². The zero-order chi connectivity index (χ0) is 7.23. The van der Waals surface area contributed by atoms with Crippen LogP contribution in [0.4, 0.5) is 0 Å². The van der Waals surface area contributed by atoms with Gasteiger partial charge in [0.2, 0.25) is 0 Å². The van der Waals surface area contributed by atoms with Crippen LogP contribution in [0.15, 0.2) is 30.3 Å². The van der Waals surface area contributed by atoms with E-state index in [-0.39, 0.29) is 21.1 Å². The third-order valence-corrected chi connectivity index (χ3v) is 3.65. The summed E-state index contributed by atoms with van der Waals surface area (Å²) in [6.07, 6.45) is 1.31. The van der Waals surface area contributed by atoms with E-state index in [4.69, 9.17) is 0 Å². The van der Waals surface area contributed by atoms with E-state index in [9.17, 15) is 0 Å². The number of rotatable bonds is 3. The number of hydrogen-bond donors (Lipinski definition) is 0. The molecule has 52 valence electrons. The van der Waals surface area contributed by atoms with Crippen molar-refractivity contribution in [2.24, 2.45) is 0 Å². The Balaban J connectivity index is 2.43. The Morgan fingerprint density at radius 2 is 1.90 bits per heavy atom. The topological polar surface area (TPSA) is 0 Å². The van der Waals surface area contributed by atoms with Crippen molar-refractivity contribution in [2.45, 2.75) is 15.8 Å². The van der Waals surface area contributed by atoms with Gasteiger partial charge in [-0.15, -0.1) is 0 Å². The minimum atomic E-state index is 0.0425. The van der Waals surface area contributed by atoms with Crippen LogP contribution in [0.1, 0.15) is 5.56 Å². The molecule has 0 atom stereocenters. The van der Waals surface area contributed by atoms with Gasteiger partial charge in [0.1, 0.15) is 0 Å². The van der Waals surface area contributed by atoms with E-state index in [0.717, 1.165) is 0 Å². The SMILES string of the molecule is [CH3][Sn][CH2]Cc1ccccc1. The van der Waals surface area contributed by atoms with Crippen LogP contribution < -0.4 is 0 Å². The van der Waals surface area contributed by atoms with Crippen molar-refractivity contribution in [1.82, 2.24) is 0 Å². The molecule has 2 radical (unpaired) electrons. The molecule has 0 aliphatic carbocycles. The molecule has 0 aromatic heterocycles. The summed E-state index contributed by atoms with van der Waals surface area (Å²) >= 11 is 0.0425. The van der Waals surface area contributed by atoms with Gasteiger partial charge >= 0.3 is 72.8 Å². The molecule has 0 aliphatic heterocycles. The summed E-state index contributed by atoms with van der Waals surface area (Å²) in [4.78, 5) is 2.40. The van der Waals surface area contributed by atoms with E-state index < -0.39 is 0 Å². The summed E-state index contributed by atoms with van der Waals surface area (Å²) in [5.74, 6) is 0. The molecule has 1 aromatic rings. The van der Waals surface area contributed by atoms with Crippen molar-refractivity contribution in [3.8, 4) is 0 Å². The molecule has 0 heterocycles. The quantitative estimate of drug-likeness (QED) is 0.710. The molecule has 0 unspecified atom stereocenters. The first-order valence-electron chi connectivity index (χ1n) is 3.62. The minimum absolute atomic E-state index is 0.0425. The average molecular weight is 239 g/mol. The Labute approximate surface area is 72.9 Å². The van der Waals surface area contributed by atoms with Crippen LogP contribution in [0.2, 0.25) is 9.38 Å². The summed E-state index contributed by atoms with van der Waals surface area (Å²) in [6.45, 7) is 0. The van der Waals surface area contributed by atoms with Gasteiger partial charge in [-0.3, -0.25) is 0 Å². The number of aryl methyl sites for hydroxylation is 1. The second kappa shape index (κ2) is 4.78. The van der Waals surface area contributed by atoms with Crippen LogP contribution in [0, 0.1) is 0 Å². The summed E-state index contributed by atoms with van der Waals surface area (Å²) < 4.78 is 1.48. The van der Waals surface area contributed by atoms with Crippen molar-refractivity contribution in [3.63, 3.8) is 0 Å². The van der Waals surface area contributed by atoms with Gasteiger partial charge in [-0.2, -0.15) is 0 Å². The van der Waals surface area contributed by atoms with Gasteiger partial charge in [-0.1, -0.05) is 0 Å². The van der Waals surface area contributed by atoms with Crippen LogP contribution in [0.3, 0.4) is 0 Å². The standard InChI is InChI=1S/C8H9.CH3.Sn/c1-2-8-6-4-3-5-7-8;;/h3-7H,1-2H2;1H3;. The van der Waals surface area contributed by atoms with Gasteiger partial charge in [0, 0.05) is 0 Å². The summed E-state index contributed by atoms with van der Waals surface area (Å²) in [5, 5.41) is 0. The molecule has 0 N–H and O–H groups in total. The molecule has 0 saturated heterocycles. The Morgan fingerprint density at radius 1 is 1.20 bits per heavy atom. The van der Waals surface area contributed by atoms with Gasteiger partial charge < -0.3 is 0 Å². The van der Waals surface area contributed by atoms with Gasteiger partial charge in [0.15, 0.2) is 0 Å². The van der Waals surface area contributed by atoms with Crippen LogP contribution >= 0.6 is 0 Å². The molecular formula is C9H12Sn. The molecule has 1 aromatic carbocycles. The number of benzene rings is 1. The molecule has 10 heavy (non-hydrogen) atoms. The van der Waals surface area contributed by atoms with Crippen molar-refractivity contribution in [1.29, 1.82) is 0 Å². The third kappa shape index (κ3) is 2.73. The maximum atomic E-state index is 2.40. The summed E-state index contributed by atoms with van der Waals surface area (Å²) in [6, 6.07) is 10.8. The van der Waals surface area contributed by atoms with Gasteiger partial charge in [0.05, 0.1) is 0 Å². The van der Waals surface area contributed by atoms with E-state index in [0.29, 0.717) is 0 Å². The molecule has 0 aliphatic rings. The predicted molar refractivity (Wildman–Crippen MR) is 46.6 cm³/mol. The third-order valence-electron chi connectivity index (χ3n) is 1.51. The van der Waals surface area contributed by atoms with Crippen molar-refractivity contribution in [3.05, 3.63) is 35.9 Å². The number of hydrogen-bond acceptors (Lipinski definition) is 0. The summed E-state index contributed by atoms with van der Waals surface area (Å²) in [5.41, 5.74) is 1.50. The predicted octanol–water partition coefficient (Wildman–Crippen LogP) is 2.40. The first kappa shape index (κ1) is 8.12. The van der Waals surface area contributed by atoms with E-state index in [1.165, 1.54) is 16.4 Å². The molecule has 0 amide bonds. The van der Waals surface area contributed by atoms with Gasteiger partial charge in [-0.05, 0) is 0 Å². The normalized spacial score (nSPS) is 9.70. The van der Waals surface area contributed by atoms with Crippen molar-refractivity contribution in [2.75, 3.05) is 0 Å². The molecule has 1 heteroatoms. The fourth-order valence-electron chi connectivity index (χ4n) is 0.914. The second-order valence-electron chi connectivity index (χ2n) is 2.34. The molecule has 0 saturated carbocycles. The van der Waals surface area contributed by atoms with Crippen molar-refractivity contribution < 1.29 is 0 Å². The molecule has 0 fully saturated rings. The first-order chi connectivity index (χ1) is 4.93. The monoisotopic (exact) mass is 240 g/mol. The molecule has 0 bridgehead atoms. The Bertz CT molecular complexity index is 169. The van der Waals surface area contributed by atoms with Crippen LogP contribution in [0.25, 0.3) is 0 Å². The zero-order valence-corrected chi connectivity index (χ0v) is 9.16. The molecule has 0 nitrogen and oxygen atoms in total. The molecule has 1 rings (SSSR count). The van der Waals surface area contributed by atoms with Crippen molar-refractivity contribution >= 4 is 21.1 Å². The average Bonchev–Trinajstić information content (AvgIpc) is 2.03. The summed E-state index contributed by atoms with van der Waals surface area (Å²) in [7, 11) is 0. The van der Waals surface area contributed by atoms with Crippen LogP contribution in [0.5, 0.6) is 0 Å². The fraction of sp³-hybridized carbons (Fsp3) is 0.333. The van der Waals surface area contributed by atoms with Gasteiger partial charge in [0.25, 0.3) is 0 Å². The van der Waals surface area contributed by atoms with Gasteiger partial charge in [-0.25, -0.2) is 0 Å². The van der Waals surface area contributed by atoms with Crippen LogP contribution in [-0.4, -0.2) is 21.1 Å². The van der Waals surface area contributed by atoms with E-state index in [2.05, 4.69) is 35.3 Å². The molecule has 0 spiro atoms. The van der Waals surface area contributed by atoms with E-state index in [1.807, 2.05) is 0 Å². The first-order valence-corrected chi connectivity index (χ1v) is 8.49. The fourth-order valence-corrected chi connectivity index (χ4v) is 2.45. The Hall–Kier alpha value is 0.0187. The Morgan fingerprint density at radius 3 is 2.50 bits per heavy atom. The van der Waals surface area contributed by atoms with E-state index >= 15 is 0 Å². The maximum absolute atomic E-state index is 2.40. The Kier molecular flexibility index (Phi) is 3.88.